The molecule has 0 aromatic heterocycles. The first-order chi connectivity index (χ1) is 15.9. The van der Waals surface area contributed by atoms with E-state index >= 15 is 0 Å². The molecule has 2 saturated heterocycles. The third kappa shape index (κ3) is 8.30. The molecule has 2 unspecified atom stereocenters. The van der Waals surface area contributed by atoms with Crippen LogP contribution in [0.3, 0.4) is 0 Å². The molecule has 2 heterocycles. The van der Waals surface area contributed by atoms with E-state index < -0.39 is 29.9 Å². The van der Waals surface area contributed by atoms with E-state index in [0.717, 1.165) is 25.7 Å². The van der Waals surface area contributed by atoms with Crippen molar-refractivity contribution in [3.05, 3.63) is 0 Å². The number of hydrogen-bond acceptors (Lipinski definition) is 8. The average molecular weight is 469 g/mol. The summed E-state index contributed by atoms with van der Waals surface area (Å²) >= 11 is 0. The maximum atomic E-state index is 13.1. The minimum absolute atomic E-state index is 0.144. The molecule has 0 radical (unpaired) electrons. The van der Waals surface area contributed by atoms with Gasteiger partial charge in [-0.2, -0.15) is 0 Å². The highest BCUT2D eigenvalue weighted by Gasteiger charge is 2.38. The van der Waals surface area contributed by atoms with Crippen LogP contribution in [0.1, 0.15) is 52.4 Å². The quantitative estimate of drug-likeness (QED) is 0.291. The lowest BCUT2D eigenvalue weighted by Gasteiger charge is -2.38. The Morgan fingerprint density at radius 3 is 1.94 bits per heavy atom. The number of hydrogen-bond donors (Lipinski definition) is 2. The van der Waals surface area contributed by atoms with Crippen LogP contribution in [0.5, 0.6) is 0 Å². The van der Waals surface area contributed by atoms with E-state index in [0.29, 0.717) is 19.7 Å². The van der Waals surface area contributed by atoms with Crippen molar-refractivity contribution >= 4 is 29.7 Å². The first-order valence-corrected chi connectivity index (χ1v) is 11.8. The van der Waals surface area contributed by atoms with Gasteiger partial charge < -0.3 is 25.0 Å². The normalized spacial score (nSPS) is 21.2. The van der Waals surface area contributed by atoms with Gasteiger partial charge in [0.05, 0.1) is 32.6 Å². The molecule has 0 aromatic rings. The summed E-state index contributed by atoms with van der Waals surface area (Å²) in [5, 5.41) is 5.40. The molecule has 0 saturated carbocycles. The van der Waals surface area contributed by atoms with Gasteiger partial charge in [-0.15, -0.1) is 0 Å². The molecule has 2 aliphatic rings. The molecule has 33 heavy (non-hydrogen) atoms. The Labute approximate surface area is 194 Å². The first kappa shape index (κ1) is 26.6. The molecule has 186 valence electrons. The van der Waals surface area contributed by atoms with Crippen molar-refractivity contribution in [3.8, 4) is 0 Å². The number of carbonyl (C=O) groups is 5. The van der Waals surface area contributed by atoms with Crippen LogP contribution >= 0.6 is 0 Å². The van der Waals surface area contributed by atoms with E-state index in [1.54, 1.807) is 4.90 Å². The maximum absolute atomic E-state index is 13.1. The summed E-state index contributed by atoms with van der Waals surface area (Å²) in [6.45, 7) is 5.64. The number of carbonyl (C=O) groups excluding carboxylic acids is 5. The SMILES string of the molecule is CCCCOC(=O)CC1C(=O)NCCN1CC(=O)N1CCNC(=O)C1CC(=O)OCCCC. The third-order valence-electron chi connectivity index (χ3n) is 5.67. The smallest absolute Gasteiger partial charge is 0.308 e. The van der Waals surface area contributed by atoms with Crippen molar-refractivity contribution in [1.29, 1.82) is 0 Å². The van der Waals surface area contributed by atoms with Crippen LogP contribution in [0.15, 0.2) is 0 Å². The zero-order valence-corrected chi connectivity index (χ0v) is 19.6. The third-order valence-corrected chi connectivity index (χ3v) is 5.67. The maximum Gasteiger partial charge on any atom is 0.308 e. The number of nitrogens with one attached hydrogen (secondary N) is 2. The second-order valence-corrected chi connectivity index (χ2v) is 8.23. The highest BCUT2D eigenvalue weighted by molar-refractivity contribution is 5.93. The highest BCUT2D eigenvalue weighted by Crippen LogP contribution is 2.15. The largest absolute Gasteiger partial charge is 0.466 e. The van der Waals surface area contributed by atoms with Crippen molar-refractivity contribution in [2.75, 3.05) is 45.9 Å². The molecule has 0 aliphatic carbocycles. The van der Waals surface area contributed by atoms with Crippen LogP contribution in [-0.2, 0) is 33.4 Å². The molecule has 0 aromatic carbocycles. The van der Waals surface area contributed by atoms with Crippen molar-refractivity contribution in [2.24, 2.45) is 0 Å². The lowest BCUT2D eigenvalue weighted by Crippen LogP contribution is -2.62. The predicted molar refractivity (Wildman–Crippen MR) is 118 cm³/mol. The van der Waals surface area contributed by atoms with E-state index in [1.165, 1.54) is 4.90 Å². The molecular weight excluding hydrogens is 432 g/mol. The van der Waals surface area contributed by atoms with Gasteiger partial charge in [0.25, 0.3) is 0 Å². The number of ether oxygens (including phenoxy) is 2. The Hall–Kier alpha value is -2.69. The zero-order valence-electron chi connectivity index (χ0n) is 19.6. The van der Waals surface area contributed by atoms with Crippen molar-refractivity contribution < 1.29 is 33.4 Å². The fraction of sp³-hybridized carbons (Fsp3) is 0.773. The van der Waals surface area contributed by atoms with Crippen LogP contribution in [-0.4, -0.2) is 97.5 Å². The summed E-state index contributed by atoms with van der Waals surface area (Å²) < 4.78 is 10.3. The van der Waals surface area contributed by atoms with Gasteiger partial charge >= 0.3 is 11.9 Å². The Kier molecular flexibility index (Phi) is 11.1. The predicted octanol–water partition coefficient (Wildman–Crippen LogP) is -0.419. The topological polar surface area (TPSA) is 134 Å². The summed E-state index contributed by atoms with van der Waals surface area (Å²) in [6.07, 6.45) is 2.84. The summed E-state index contributed by atoms with van der Waals surface area (Å²) in [7, 11) is 0. The Bertz CT molecular complexity index is 715. The van der Waals surface area contributed by atoms with E-state index in [-0.39, 0.29) is 50.9 Å². The van der Waals surface area contributed by atoms with Gasteiger partial charge in [-0.1, -0.05) is 26.7 Å². The van der Waals surface area contributed by atoms with Gasteiger partial charge in [-0.25, -0.2) is 0 Å². The second kappa shape index (κ2) is 13.8. The Morgan fingerprint density at radius 1 is 0.848 bits per heavy atom. The molecule has 11 nitrogen and oxygen atoms in total. The lowest BCUT2D eigenvalue weighted by atomic mass is 10.1. The van der Waals surface area contributed by atoms with Crippen LogP contribution < -0.4 is 10.6 Å². The summed E-state index contributed by atoms with van der Waals surface area (Å²) in [5.74, 6) is -2.15. The molecule has 2 N–H and O–H groups in total. The first-order valence-electron chi connectivity index (χ1n) is 11.8. The van der Waals surface area contributed by atoms with Crippen LogP contribution in [0.2, 0.25) is 0 Å². The molecule has 11 heteroatoms. The van der Waals surface area contributed by atoms with E-state index in [4.69, 9.17) is 9.47 Å². The van der Waals surface area contributed by atoms with E-state index in [9.17, 15) is 24.0 Å². The van der Waals surface area contributed by atoms with Gasteiger partial charge in [-0.05, 0) is 12.8 Å². The Balaban J connectivity index is 2.00. The van der Waals surface area contributed by atoms with Crippen molar-refractivity contribution in [2.45, 2.75) is 64.5 Å². The van der Waals surface area contributed by atoms with Crippen molar-refractivity contribution in [1.82, 2.24) is 20.4 Å². The molecule has 2 fully saturated rings. The number of amides is 3. The van der Waals surface area contributed by atoms with E-state index in [2.05, 4.69) is 10.6 Å². The van der Waals surface area contributed by atoms with E-state index in [1.807, 2.05) is 13.8 Å². The fourth-order valence-electron chi connectivity index (χ4n) is 3.75. The number of rotatable bonds is 12. The molecule has 2 rings (SSSR count). The fourth-order valence-corrected chi connectivity index (χ4v) is 3.75. The molecule has 2 aliphatic heterocycles. The van der Waals surface area contributed by atoms with Gasteiger partial charge in [0.15, 0.2) is 0 Å². The minimum atomic E-state index is -0.962. The summed E-state index contributed by atoms with van der Waals surface area (Å²) in [4.78, 5) is 65.2. The average Bonchev–Trinajstić information content (AvgIpc) is 2.78. The van der Waals surface area contributed by atoms with Gasteiger partial charge in [0.1, 0.15) is 12.1 Å². The highest BCUT2D eigenvalue weighted by atomic mass is 16.5. The molecule has 0 spiro atoms. The number of unbranched alkanes of at least 4 members (excludes halogenated alkanes) is 2. The zero-order chi connectivity index (χ0) is 24.2. The molecule has 0 bridgehead atoms. The van der Waals surface area contributed by atoms with Gasteiger partial charge in [0, 0.05) is 26.2 Å². The lowest BCUT2D eigenvalue weighted by molar-refractivity contribution is -0.154. The van der Waals surface area contributed by atoms with Crippen molar-refractivity contribution in [3.63, 3.8) is 0 Å². The van der Waals surface area contributed by atoms with Crippen LogP contribution in [0.25, 0.3) is 0 Å². The van der Waals surface area contributed by atoms with Crippen LogP contribution in [0.4, 0.5) is 0 Å². The summed E-state index contributed by atoms with van der Waals surface area (Å²) in [5.41, 5.74) is 0. The summed E-state index contributed by atoms with van der Waals surface area (Å²) in [6, 6.07) is -1.79. The monoisotopic (exact) mass is 468 g/mol. The van der Waals surface area contributed by atoms with Crippen LogP contribution in [0, 0.1) is 0 Å². The standard InChI is InChI=1S/C22H36N4O7/c1-3-5-11-32-19(28)13-16-21(30)23-7-9-25(16)15-18(27)26-10-8-24-22(31)17(26)14-20(29)33-12-6-4-2/h16-17H,3-15H2,1-2H3,(H,23,30)(H,24,31). The number of esters is 2. The Morgan fingerprint density at radius 2 is 1.36 bits per heavy atom. The number of nitrogens with zero attached hydrogens (tertiary/aromatic N) is 2. The number of piperazine rings is 2. The minimum Gasteiger partial charge on any atom is -0.466 e. The molecule has 2 atom stereocenters. The second-order valence-electron chi connectivity index (χ2n) is 8.23. The van der Waals surface area contributed by atoms with Gasteiger partial charge in [-0.3, -0.25) is 28.9 Å². The van der Waals surface area contributed by atoms with Gasteiger partial charge in [0.2, 0.25) is 17.7 Å². The molecule has 3 amide bonds. The molecular formula is C22H36N4O7.